The number of aromatic amines is 1. The van der Waals surface area contributed by atoms with E-state index in [4.69, 9.17) is 9.47 Å². The highest BCUT2D eigenvalue weighted by molar-refractivity contribution is 8.00. The van der Waals surface area contributed by atoms with E-state index in [9.17, 15) is 24.5 Å². The van der Waals surface area contributed by atoms with Crippen LogP contribution in [-0.2, 0) is 16.2 Å². The molecule has 4 aromatic rings. The molecular weight excluding hydrogens is 627 g/mol. The van der Waals surface area contributed by atoms with Gasteiger partial charge in [-0.05, 0) is 72.1 Å². The first-order chi connectivity index (χ1) is 22.2. The Morgan fingerprint density at radius 2 is 1.72 bits per heavy atom. The standard InChI is InChI=1S/C34H29N3O7S2/c1-16-5-3-4-6-18(16)15-44-23-12-7-17(13-24(23)43-2)25-26-21-14-22(29(26)45-31-30(25)46-34(40)35-31)28-27(21)32(38)36(33(28)39)19-8-10-20(11-9-19)37(41)42/h3-13,21-22,25-29H,14-15H2,1-2H3,(H,35,40)/t21?,22?,25-,26?,27?,28?,29?/m1/s1. The van der Waals surface area contributed by atoms with Crippen molar-refractivity contribution in [3.05, 3.63) is 108 Å². The van der Waals surface area contributed by atoms with Crippen molar-refractivity contribution in [2.24, 2.45) is 29.6 Å². The van der Waals surface area contributed by atoms with Crippen LogP contribution in [0.5, 0.6) is 11.5 Å². The quantitative estimate of drug-likeness (QED) is 0.148. The van der Waals surface area contributed by atoms with Crippen LogP contribution in [0.4, 0.5) is 11.4 Å². The van der Waals surface area contributed by atoms with Crippen molar-refractivity contribution in [3.8, 4) is 11.5 Å². The molecule has 2 bridgehead atoms. The minimum atomic E-state index is -0.505. The van der Waals surface area contributed by atoms with Gasteiger partial charge in [-0.25, -0.2) is 0 Å². The van der Waals surface area contributed by atoms with E-state index in [0.717, 1.165) is 33.0 Å². The number of thiazole rings is 1. The zero-order valence-electron chi connectivity index (χ0n) is 24.9. The average molecular weight is 656 g/mol. The monoisotopic (exact) mass is 655 g/mol. The number of nitro groups is 1. The molecule has 3 fully saturated rings. The summed E-state index contributed by atoms with van der Waals surface area (Å²) in [4.78, 5) is 56.3. The van der Waals surface area contributed by atoms with Gasteiger partial charge in [-0.15, -0.1) is 11.8 Å². The molecule has 1 aromatic heterocycles. The lowest BCUT2D eigenvalue weighted by Crippen LogP contribution is -2.42. The van der Waals surface area contributed by atoms with E-state index >= 15 is 0 Å². The van der Waals surface area contributed by atoms with Gasteiger partial charge in [-0.2, -0.15) is 0 Å². The summed E-state index contributed by atoms with van der Waals surface area (Å²) in [6, 6.07) is 19.6. The largest absolute Gasteiger partial charge is 0.493 e. The third-order valence-corrected chi connectivity index (χ3v) is 12.8. The molecule has 8 rings (SSSR count). The minimum Gasteiger partial charge on any atom is -0.493 e. The molecule has 7 atom stereocenters. The zero-order chi connectivity index (χ0) is 31.9. The first kappa shape index (κ1) is 29.0. The molecule has 1 N–H and O–H groups in total. The number of ether oxygens (including phenoxy) is 2. The summed E-state index contributed by atoms with van der Waals surface area (Å²) < 4.78 is 12.0. The lowest BCUT2D eigenvalue weighted by atomic mass is 9.68. The highest BCUT2D eigenvalue weighted by atomic mass is 32.2. The fraction of sp³-hybridized carbons (Fsp3) is 0.324. The number of imide groups is 1. The maximum atomic E-state index is 14.0. The second kappa shape index (κ2) is 10.8. The Morgan fingerprint density at radius 3 is 2.43 bits per heavy atom. The predicted octanol–water partition coefficient (Wildman–Crippen LogP) is 5.92. The van der Waals surface area contributed by atoms with Crippen LogP contribution in [0.15, 0.2) is 76.6 Å². The van der Waals surface area contributed by atoms with Gasteiger partial charge in [-0.1, -0.05) is 41.7 Å². The number of aromatic nitrogens is 1. The number of anilines is 1. The van der Waals surface area contributed by atoms with Crippen LogP contribution in [0.1, 0.15) is 33.9 Å². The van der Waals surface area contributed by atoms with Crippen molar-refractivity contribution in [1.29, 1.82) is 0 Å². The summed E-state index contributed by atoms with van der Waals surface area (Å²) in [7, 11) is 1.61. The number of thioether (sulfide) groups is 1. The van der Waals surface area contributed by atoms with E-state index in [1.165, 1.54) is 40.5 Å². The van der Waals surface area contributed by atoms with Gasteiger partial charge in [0.1, 0.15) is 6.61 Å². The van der Waals surface area contributed by atoms with Gasteiger partial charge >= 0.3 is 4.87 Å². The van der Waals surface area contributed by atoms with Gasteiger partial charge in [0.15, 0.2) is 11.5 Å². The van der Waals surface area contributed by atoms with Gasteiger partial charge in [0.05, 0.1) is 34.6 Å². The van der Waals surface area contributed by atoms with E-state index in [0.29, 0.717) is 23.8 Å². The fourth-order valence-corrected chi connectivity index (χ4v) is 11.2. The molecule has 2 aliphatic heterocycles. The Labute approximate surface area is 271 Å². The first-order valence-corrected chi connectivity index (χ1v) is 16.8. The molecule has 2 amide bonds. The molecule has 0 radical (unpaired) electrons. The Hall–Kier alpha value is -4.42. The number of non-ortho nitro benzene ring substituents is 1. The third kappa shape index (κ3) is 4.33. The molecule has 2 saturated carbocycles. The van der Waals surface area contributed by atoms with Crippen LogP contribution in [-0.4, -0.2) is 34.1 Å². The fourth-order valence-electron chi connectivity index (χ4n) is 8.29. The van der Waals surface area contributed by atoms with Gasteiger partial charge in [0, 0.05) is 28.2 Å². The number of H-pyrrole nitrogens is 1. The summed E-state index contributed by atoms with van der Waals surface area (Å²) in [5.74, 6) is -0.479. The van der Waals surface area contributed by atoms with Crippen LogP contribution in [0.3, 0.4) is 0 Å². The molecule has 6 unspecified atom stereocenters. The number of benzene rings is 3. The zero-order valence-corrected chi connectivity index (χ0v) is 26.5. The molecule has 1 saturated heterocycles. The summed E-state index contributed by atoms with van der Waals surface area (Å²) in [5.41, 5.74) is 3.45. The van der Waals surface area contributed by atoms with Crippen molar-refractivity contribution in [2.45, 2.75) is 36.1 Å². The SMILES string of the molecule is COc1cc([C@H]2c3sc(=O)[nH]c3SC3C4CC(C5C(=O)N(c6ccc([N+](=O)[O-])cc6)C(=O)C45)C32)ccc1OCc1ccccc1C. The smallest absolute Gasteiger partial charge is 0.305 e. The third-order valence-electron chi connectivity index (χ3n) is 10.2. The second-order valence-electron chi connectivity index (χ2n) is 12.4. The molecular formula is C34H29N3O7S2. The number of fused-ring (bicyclic) bond motifs is 9. The van der Waals surface area contributed by atoms with Crippen molar-refractivity contribution in [3.63, 3.8) is 0 Å². The number of hydrogen-bond acceptors (Lipinski definition) is 9. The summed E-state index contributed by atoms with van der Waals surface area (Å²) >= 11 is 2.83. The molecule has 46 heavy (non-hydrogen) atoms. The van der Waals surface area contributed by atoms with Gasteiger partial charge in [0.2, 0.25) is 11.8 Å². The molecule has 0 spiro atoms. The van der Waals surface area contributed by atoms with Crippen LogP contribution in [0.25, 0.3) is 0 Å². The van der Waals surface area contributed by atoms with Crippen LogP contribution < -0.4 is 19.2 Å². The molecule has 3 heterocycles. The van der Waals surface area contributed by atoms with Crippen molar-refractivity contribution in [1.82, 2.24) is 4.98 Å². The van der Waals surface area contributed by atoms with Crippen molar-refractivity contribution < 1.29 is 24.0 Å². The highest BCUT2D eigenvalue weighted by Gasteiger charge is 2.69. The Balaban J connectivity index is 1.14. The lowest BCUT2D eigenvalue weighted by molar-refractivity contribution is -0.384. The first-order valence-electron chi connectivity index (χ1n) is 15.1. The number of amides is 2. The number of nitro benzene ring substituents is 1. The molecule has 10 nitrogen and oxygen atoms in total. The number of carbonyl (C=O) groups excluding carboxylic acids is 2. The van der Waals surface area contributed by atoms with E-state index in [-0.39, 0.29) is 51.3 Å². The van der Waals surface area contributed by atoms with E-state index < -0.39 is 16.8 Å². The summed E-state index contributed by atoms with van der Waals surface area (Å²) in [6.07, 6.45) is 0.758. The molecule has 4 aliphatic rings. The lowest BCUT2D eigenvalue weighted by Gasteiger charge is -2.43. The average Bonchev–Trinajstić information content (AvgIpc) is 3.79. The number of rotatable bonds is 7. The van der Waals surface area contributed by atoms with Crippen LogP contribution in [0.2, 0.25) is 0 Å². The van der Waals surface area contributed by atoms with E-state index in [2.05, 4.69) is 4.98 Å². The normalized spacial score (nSPS) is 27.3. The number of hydrogen-bond donors (Lipinski definition) is 1. The van der Waals surface area contributed by atoms with Crippen molar-refractivity contribution in [2.75, 3.05) is 12.0 Å². The number of carbonyl (C=O) groups is 2. The van der Waals surface area contributed by atoms with E-state index in [1.54, 1.807) is 18.9 Å². The van der Waals surface area contributed by atoms with Gasteiger partial charge in [0.25, 0.3) is 5.69 Å². The van der Waals surface area contributed by atoms with Gasteiger partial charge in [-0.3, -0.25) is 29.4 Å². The summed E-state index contributed by atoms with van der Waals surface area (Å²) in [6.45, 7) is 2.44. The highest BCUT2D eigenvalue weighted by Crippen LogP contribution is 2.68. The minimum absolute atomic E-state index is 0.0206. The second-order valence-corrected chi connectivity index (χ2v) is 14.6. The van der Waals surface area contributed by atoms with Crippen LogP contribution in [0, 0.1) is 46.6 Å². The Morgan fingerprint density at radius 1 is 0.978 bits per heavy atom. The maximum absolute atomic E-state index is 14.0. The van der Waals surface area contributed by atoms with Crippen LogP contribution >= 0.6 is 23.1 Å². The number of aryl methyl sites for hydroxylation is 1. The molecule has 12 heteroatoms. The maximum Gasteiger partial charge on any atom is 0.305 e. The van der Waals surface area contributed by atoms with E-state index in [1.807, 2.05) is 49.4 Å². The van der Waals surface area contributed by atoms with Crippen molar-refractivity contribution >= 4 is 46.3 Å². The number of methoxy groups -OCH3 is 1. The Kier molecular flexibility index (Phi) is 6.84. The number of nitrogens with one attached hydrogen (secondary N) is 1. The Bertz CT molecular complexity index is 1970. The van der Waals surface area contributed by atoms with Gasteiger partial charge < -0.3 is 14.5 Å². The molecule has 3 aromatic carbocycles. The number of nitrogens with zero attached hydrogens (tertiary/aromatic N) is 2. The predicted molar refractivity (Wildman–Crippen MR) is 173 cm³/mol. The molecule has 2 aliphatic carbocycles. The summed E-state index contributed by atoms with van der Waals surface area (Å²) in [5, 5.41) is 12.0. The molecule has 234 valence electrons. The topological polar surface area (TPSA) is 132 Å².